The van der Waals surface area contributed by atoms with Crippen LogP contribution in [0.15, 0.2) is 41.8 Å². The van der Waals surface area contributed by atoms with Crippen molar-refractivity contribution in [3.8, 4) is 0 Å². The minimum atomic E-state index is -0.346. The van der Waals surface area contributed by atoms with Crippen LogP contribution in [0.5, 0.6) is 0 Å². The molecule has 0 spiro atoms. The fourth-order valence-corrected chi connectivity index (χ4v) is 5.27. The van der Waals surface area contributed by atoms with Gasteiger partial charge in [0.2, 0.25) is 11.8 Å². The lowest BCUT2D eigenvalue weighted by molar-refractivity contribution is -0.121. The minimum Gasteiger partial charge on any atom is -0.376 e. The number of aromatic nitrogens is 1. The average Bonchev–Trinajstić information content (AvgIpc) is 3.46. The van der Waals surface area contributed by atoms with Gasteiger partial charge in [0.15, 0.2) is 5.13 Å². The summed E-state index contributed by atoms with van der Waals surface area (Å²) in [7, 11) is 0. The molecular weight excluding hydrogens is 406 g/mol. The third kappa shape index (κ3) is 4.83. The number of benzene rings is 1. The summed E-state index contributed by atoms with van der Waals surface area (Å²) in [6, 6.07) is 11.4. The van der Waals surface area contributed by atoms with Gasteiger partial charge in [-0.2, -0.15) is 0 Å². The zero-order valence-corrected chi connectivity index (χ0v) is 17.8. The van der Waals surface area contributed by atoms with Crippen LogP contribution in [0.1, 0.15) is 37.1 Å². The Hall–Kier alpha value is -2.29. The SMILES string of the molecule is CC(=O)N[C@H](CC(=O)N(C[C@H]1CCCO1)c1nc2ccccc2s1)c1cccs1. The third-order valence-corrected chi connectivity index (χ3v) is 6.91. The van der Waals surface area contributed by atoms with E-state index in [1.807, 2.05) is 41.8 Å². The predicted octanol–water partition coefficient (Wildman–Crippen LogP) is 4.14. The van der Waals surface area contributed by atoms with Crippen molar-refractivity contribution in [3.05, 3.63) is 46.7 Å². The number of ether oxygens (including phenoxy) is 1. The zero-order valence-electron chi connectivity index (χ0n) is 16.2. The number of anilines is 1. The first-order chi connectivity index (χ1) is 14.1. The number of nitrogens with one attached hydrogen (secondary N) is 1. The molecule has 1 aliphatic rings. The number of para-hydroxylation sites is 1. The first kappa shape index (κ1) is 20.0. The summed E-state index contributed by atoms with van der Waals surface area (Å²) in [5, 5.41) is 5.55. The van der Waals surface area contributed by atoms with Gasteiger partial charge >= 0.3 is 0 Å². The maximum absolute atomic E-state index is 13.4. The number of thiophene rings is 1. The molecular formula is C21H23N3O3S2. The molecule has 1 saturated heterocycles. The lowest BCUT2D eigenvalue weighted by Crippen LogP contribution is -2.40. The molecule has 0 bridgehead atoms. The van der Waals surface area contributed by atoms with E-state index in [2.05, 4.69) is 5.32 Å². The number of rotatable bonds is 7. The first-order valence-electron chi connectivity index (χ1n) is 9.68. The number of amides is 2. The third-order valence-electron chi connectivity index (χ3n) is 4.87. The Morgan fingerprint density at radius 3 is 2.86 bits per heavy atom. The summed E-state index contributed by atoms with van der Waals surface area (Å²) in [4.78, 5) is 32.5. The second-order valence-corrected chi connectivity index (χ2v) is 9.06. The summed E-state index contributed by atoms with van der Waals surface area (Å²) in [5.74, 6) is -0.214. The molecule has 0 radical (unpaired) electrons. The van der Waals surface area contributed by atoms with E-state index in [0.29, 0.717) is 11.7 Å². The number of hydrogen-bond acceptors (Lipinski definition) is 6. The highest BCUT2D eigenvalue weighted by molar-refractivity contribution is 7.22. The highest BCUT2D eigenvalue weighted by Crippen LogP contribution is 2.31. The van der Waals surface area contributed by atoms with Gasteiger partial charge in [0.05, 0.1) is 35.3 Å². The van der Waals surface area contributed by atoms with Gasteiger partial charge in [-0.25, -0.2) is 4.98 Å². The molecule has 1 aliphatic heterocycles. The fraction of sp³-hybridized carbons (Fsp3) is 0.381. The normalized spacial score (nSPS) is 17.3. The molecule has 3 heterocycles. The van der Waals surface area contributed by atoms with Crippen molar-refractivity contribution < 1.29 is 14.3 Å². The van der Waals surface area contributed by atoms with Crippen LogP contribution in [0.3, 0.4) is 0 Å². The molecule has 6 nitrogen and oxygen atoms in total. The Balaban J connectivity index is 1.60. The molecule has 2 amide bonds. The number of thiazole rings is 1. The van der Waals surface area contributed by atoms with E-state index in [-0.39, 0.29) is 30.4 Å². The number of carbonyl (C=O) groups is 2. The van der Waals surface area contributed by atoms with E-state index in [4.69, 9.17) is 9.72 Å². The summed E-state index contributed by atoms with van der Waals surface area (Å²) >= 11 is 3.05. The fourth-order valence-electron chi connectivity index (χ4n) is 3.50. The molecule has 3 aromatic rings. The molecule has 152 valence electrons. The molecule has 8 heteroatoms. The zero-order chi connectivity index (χ0) is 20.2. The van der Waals surface area contributed by atoms with Crippen LogP contribution in [-0.4, -0.2) is 36.1 Å². The van der Waals surface area contributed by atoms with Gasteiger partial charge in [-0.15, -0.1) is 11.3 Å². The maximum atomic E-state index is 13.4. The van der Waals surface area contributed by atoms with Gasteiger partial charge in [0, 0.05) is 18.4 Å². The number of nitrogens with zero attached hydrogens (tertiary/aromatic N) is 2. The van der Waals surface area contributed by atoms with Crippen molar-refractivity contribution in [2.24, 2.45) is 0 Å². The quantitative estimate of drug-likeness (QED) is 0.613. The van der Waals surface area contributed by atoms with Crippen molar-refractivity contribution in [1.82, 2.24) is 10.3 Å². The Kier molecular flexibility index (Phi) is 6.22. The second-order valence-electron chi connectivity index (χ2n) is 7.08. The van der Waals surface area contributed by atoms with Crippen LogP contribution in [-0.2, 0) is 14.3 Å². The van der Waals surface area contributed by atoms with Crippen LogP contribution >= 0.6 is 22.7 Å². The Morgan fingerprint density at radius 2 is 2.17 bits per heavy atom. The van der Waals surface area contributed by atoms with Gasteiger partial charge in [-0.3, -0.25) is 14.5 Å². The highest BCUT2D eigenvalue weighted by Gasteiger charge is 2.28. The molecule has 1 fully saturated rings. The molecule has 2 atom stereocenters. The van der Waals surface area contributed by atoms with Crippen molar-refractivity contribution in [3.63, 3.8) is 0 Å². The summed E-state index contributed by atoms with van der Waals surface area (Å²) in [6.45, 7) is 2.69. The Labute approximate surface area is 177 Å². The summed E-state index contributed by atoms with van der Waals surface area (Å²) in [6.07, 6.45) is 2.15. The largest absolute Gasteiger partial charge is 0.376 e. The lowest BCUT2D eigenvalue weighted by Gasteiger charge is -2.25. The predicted molar refractivity (Wildman–Crippen MR) is 116 cm³/mol. The van der Waals surface area contributed by atoms with E-state index in [9.17, 15) is 9.59 Å². The van der Waals surface area contributed by atoms with E-state index in [1.54, 1.807) is 4.90 Å². The maximum Gasteiger partial charge on any atom is 0.231 e. The average molecular weight is 430 g/mol. The van der Waals surface area contributed by atoms with E-state index < -0.39 is 0 Å². The molecule has 2 aromatic heterocycles. The van der Waals surface area contributed by atoms with Crippen molar-refractivity contribution in [1.29, 1.82) is 0 Å². The highest BCUT2D eigenvalue weighted by atomic mass is 32.1. The van der Waals surface area contributed by atoms with Crippen LogP contribution < -0.4 is 10.2 Å². The van der Waals surface area contributed by atoms with Gasteiger partial charge in [-0.05, 0) is 36.4 Å². The monoisotopic (exact) mass is 429 g/mol. The van der Waals surface area contributed by atoms with Crippen molar-refractivity contribution >= 4 is 49.8 Å². The first-order valence-corrected chi connectivity index (χ1v) is 11.4. The number of fused-ring (bicyclic) bond motifs is 1. The topological polar surface area (TPSA) is 71.5 Å². The smallest absolute Gasteiger partial charge is 0.231 e. The van der Waals surface area contributed by atoms with E-state index >= 15 is 0 Å². The van der Waals surface area contributed by atoms with Crippen LogP contribution in [0, 0.1) is 0 Å². The molecule has 29 heavy (non-hydrogen) atoms. The number of carbonyl (C=O) groups excluding carboxylic acids is 2. The second kappa shape index (κ2) is 9.02. The van der Waals surface area contributed by atoms with Crippen LogP contribution in [0.4, 0.5) is 5.13 Å². The van der Waals surface area contributed by atoms with Crippen LogP contribution in [0.25, 0.3) is 10.2 Å². The summed E-state index contributed by atoms with van der Waals surface area (Å²) < 4.78 is 6.83. The van der Waals surface area contributed by atoms with E-state index in [1.165, 1.54) is 29.6 Å². The van der Waals surface area contributed by atoms with Crippen LogP contribution in [0.2, 0.25) is 0 Å². The van der Waals surface area contributed by atoms with Gasteiger partial charge < -0.3 is 10.1 Å². The Bertz CT molecular complexity index is 947. The molecule has 0 saturated carbocycles. The minimum absolute atomic E-state index is 0.0203. The molecule has 0 unspecified atom stereocenters. The standard InChI is InChI=1S/C21H23N3O3S2/c1-14(25)22-17(18-9-5-11-28-18)12-20(26)24(13-15-6-4-10-27-15)21-23-16-7-2-3-8-19(16)29-21/h2-3,5,7-9,11,15,17H,4,6,10,12-13H2,1H3,(H,22,25)/t15-,17-/m1/s1. The Morgan fingerprint density at radius 1 is 1.31 bits per heavy atom. The van der Waals surface area contributed by atoms with Gasteiger partial charge in [0.1, 0.15) is 0 Å². The molecule has 0 aliphatic carbocycles. The molecule has 1 aromatic carbocycles. The molecule has 4 rings (SSSR count). The molecule has 1 N–H and O–H groups in total. The van der Waals surface area contributed by atoms with Gasteiger partial charge in [0.25, 0.3) is 0 Å². The van der Waals surface area contributed by atoms with E-state index in [0.717, 1.165) is 34.5 Å². The van der Waals surface area contributed by atoms with Gasteiger partial charge in [-0.1, -0.05) is 29.5 Å². The van der Waals surface area contributed by atoms with Crippen molar-refractivity contribution in [2.45, 2.75) is 38.3 Å². The van der Waals surface area contributed by atoms with Crippen molar-refractivity contribution in [2.75, 3.05) is 18.1 Å². The lowest BCUT2D eigenvalue weighted by atomic mass is 10.1. The summed E-state index contributed by atoms with van der Waals surface area (Å²) in [5.41, 5.74) is 0.884. The number of hydrogen-bond donors (Lipinski definition) is 1.